The molecule has 2 fully saturated rings. The van der Waals surface area contributed by atoms with Crippen molar-refractivity contribution in [1.29, 1.82) is 0 Å². The van der Waals surface area contributed by atoms with Crippen molar-refractivity contribution in [3.63, 3.8) is 0 Å². The van der Waals surface area contributed by atoms with Gasteiger partial charge < -0.3 is 29.9 Å². The summed E-state index contributed by atoms with van der Waals surface area (Å²) in [7, 11) is 0. The molecular formula is C14H28N4O4+2. The van der Waals surface area contributed by atoms with Crippen LogP contribution in [0.15, 0.2) is 0 Å². The van der Waals surface area contributed by atoms with E-state index < -0.39 is 11.8 Å². The summed E-state index contributed by atoms with van der Waals surface area (Å²) < 4.78 is 10.6. The highest BCUT2D eigenvalue weighted by atomic mass is 16.5. The van der Waals surface area contributed by atoms with E-state index in [1.54, 1.807) is 0 Å². The van der Waals surface area contributed by atoms with Crippen molar-refractivity contribution in [1.82, 2.24) is 10.6 Å². The molecule has 0 atom stereocenters. The van der Waals surface area contributed by atoms with Gasteiger partial charge in [0.15, 0.2) is 0 Å². The maximum Gasteiger partial charge on any atom is 0.309 e. The molecule has 2 amide bonds. The Morgan fingerprint density at radius 3 is 1.45 bits per heavy atom. The highest BCUT2D eigenvalue weighted by Crippen LogP contribution is 1.76. The van der Waals surface area contributed by atoms with Crippen LogP contribution in [0.1, 0.15) is 0 Å². The lowest BCUT2D eigenvalue weighted by molar-refractivity contribution is -0.906. The predicted octanol–water partition coefficient (Wildman–Crippen LogP) is -4.95. The van der Waals surface area contributed by atoms with Gasteiger partial charge in [-0.05, 0) is 0 Å². The molecule has 0 bridgehead atoms. The van der Waals surface area contributed by atoms with Crippen molar-refractivity contribution in [3.05, 3.63) is 0 Å². The second-order valence-corrected chi connectivity index (χ2v) is 5.74. The molecule has 0 aliphatic carbocycles. The molecule has 2 aliphatic heterocycles. The molecule has 126 valence electrons. The Kier molecular flexibility index (Phi) is 7.58. The van der Waals surface area contributed by atoms with Gasteiger partial charge in [-0.25, -0.2) is 0 Å². The maximum atomic E-state index is 11.7. The first kappa shape index (κ1) is 17.1. The Morgan fingerprint density at radius 2 is 1.09 bits per heavy atom. The number of amides is 2. The smallest absolute Gasteiger partial charge is 0.309 e. The molecule has 8 nitrogen and oxygen atoms in total. The molecule has 0 aromatic rings. The molecule has 0 aromatic heterocycles. The molecule has 2 aliphatic rings. The first-order valence-electron chi connectivity index (χ1n) is 8.14. The fraction of sp³-hybridized carbons (Fsp3) is 0.857. The van der Waals surface area contributed by atoms with Crippen LogP contribution in [0.25, 0.3) is 0 Å². The Labute approximate surface area is 131 Å². The summed E-state index contributed by atoms with van der Waals surface area (Å²) in [6.45, 7) is 9.65. The standard InChI is InChI=1S/C14H26N4O4/c19-13(15-1-3-17-5-9-21-10-6-17)14(20)16-2-4-18-7-11-22-12-8-18/h1-12H2,(H,15,19)(H,16,20)/p+2. The zero-order valence-corrected chi connectivity index (χ0v) is 13.1. The van der Waals surface area contributed by atoms with E-state index in [-0.39, 0.29) is 0 Å². The van der Waals surface area contributed by atoms with E-state index in [1.807, 2.05) is 0 Å². The molecule has 2 saturated heterocycles. The number of carbonyl (C=O) groups is 2. The fourth-order valence-corrected chi connectivity index (χ4v) is 2.69. The zero-order chi connectivity index (χ0) is 15.6. The van der Waals surface area contributed by atoms with Gasteiger partial charge in [0.1, 0.15) is 26.2 Å². The number of hydrogen-bond acceptors (Lipinski definition) is 4. The number of morpholine rings is 2. The fourth-order valence-electron chi connectivity index (χ4n) is 2.69. The Hall–Kier alpha value is -1.22. The molecule has 0 saturated carbocycles. The number of carbonyl (C=O) groups excluding carboxylic acids is 2. The highest BCUT2D eigenvalue weighted by Gasteiger charge is 2.17. The molecule has 22 heavy (non-hydrogen) atoms. The van der Waals surface area contributed by atoms with Gasteiger partial charge in [0.05, 0.1) is 52.6 Å². The first-order valence-corrected chi connectivity index (χ1v) is 8.14. The second-order valence-electron chi connectivity index (χ2n) is 5.74. The Morgan fingerprint density at radius 1 is 0.727 bits per heavy atom. The van der Waals surface area contributed by atoms with E-state index in [0.29, 0.717) is 13.1 Å². The molecule has 0 aromatic carbocycles. The van der Waals surface area contributed by atoms with Gasteiger partial charge in [0.25, 0.3) is 0 Å². The van der Waals surface area contributed by atoms with Crippen molar-refractivity contribution in [2.45, 2.75) is 0 Å². The Bertz CT molecular complexity index is 321. The molecule has 4 N–H and O–H groups in total. The minimum Gasteiger partial charge on any atom is -0.370 e. The number of hydrogen-bond donors (Lipinski definition) is 4. The summed E-state index contributed by atoms with van der Waals surface area (Å²) in [6.07, 6.45) is 0. The van der Waals surface area contributed by atoms with Crippen LogP contribution in [-0.4, -0.2) is 90.6 Å². The maximum absolute atomic E-state index is 11.7. The monoisotopic (exact) mass is 316 g/mol. The van der Waals surface area contributed by atoms with Gasteiger partial charge in [0.2, 0.25) is 0 Å². The minimum absolute atomic E-state index is 0.524. The van der Waals surface area contributed by atoms with E-state index in [9.17, 15) is 9.59 Å². The quantitative estimate of drug-likeness (QED) is 0.370. The second kappa shape index (κ2) is 9.73. The van der Waals surface area contributed by atoms with E-state index in [4.69, 9.17) is 9.47 Å². The molecule has 0 spiro atoms. The zero-order valence-electron chi connectivity index (χ0n) is 13.1. The number of quaternary nitrogens is 2. The Balaban J connectivity index is 1.51. The molecule has 2 rings (SSSR count). The summed E-state index contributed by atoms with van der Waals surface area (Å²) in [4.78, 5) is 26.2. The van der Waals surface area contributed by atoms with Crippen LogP contribution < -0.4 is 20.4 Å². The number of rotatable bonds is 6. The van der Waals surface area contributed by atoms with Crippen LogP contribution in [0.5, 0.6) is 0 Å². The number of nitrogens with one attached hydrogen (secondary N) is 4. The lowest BCUT2D eigenvalue weighted by atomic mass is 10.4. The number of ether oxygens (including phenoxy) is 2. The third-order valence-corrected chi connectivity index (χ3v) is 4.13. The highest BCUT2D eigenvalue weighted by molar-refractivity contribution is 6.35. The van der Waals surface area contributed by atoms with Crippen molar-refractivity contribution in [3.8, 4) is 0 Å². The first-order chi connectivity index (χ1) is 10.8. The van der Waals surface area contributed by atoms with Crippen LogP contribution in [0.2, 0.25) is 0 Å². The molecule has 8 heteroatoms. The summed E-state index contributed by atoms with van der Waals surface area (Å²) in [5, 5.41) is 5.36. The summed E-state index contributed by atoms with van der Waals surface area (Å²) in [6, 6.07) is 0. The summed E-state index contributed by atoms with van der Waals surface area (Å²) >= 11 is 0. The van der Waals surface area contributed by atoms with E-state index in [2.05, 4.69) is 10.6 Å². The summed E-state index contributed by atoms with van der Waals surface area (Å²) in [5.41, 5.74) is 0. The molecule has 0 radical (unpaired) electrons. The van der Waals surface area contributed by atoms with Gasteiger partial charge in [-0.1, -0.05) is 0 Å². The average molecular weight is 316 g/mol. The van der Waals surface area contributed by atoms with Gasteiger partial charge in [0, 0.05) is 0 Å². The molecule has 2 heterocycles. The minimum atomic E-state index is -0.537. The summed E-state index contributed by atoms with van der Waals surface area (Å²) in [5.74, 6) is -1.07. The SMILES string of the molecule is O=C(NCC[NH+]1CCOCC1)C(=O)NCC[NH+]1CCOCC1. The predicted molar refractivity (Wildman–Crippen MR) is 78.8 cm³/mol. The average Bonchev–Trinajstić information content (AvgIpc) is 2.56. The van der Waals surface area contributed by atoms with Crippen molar-refractivity contribution in [2.75, 3.05) is 78.8 Å². The van der Waals surface area contributed by atoms with Crippen molar-refractivity contribution in [2.24, 2.45) is 0 Å². The van der Waals surface area contributed by atoms with Gasteiger partial charge >= 0.3 is 11.8 Å². The topological polar surface area (TPSA) is 85.5 Å². The normalized spacial score (nSPS) is 20.5. The van der Waals surface area contributed by atoms with Crippen molar-refractivity contribution >= 4 is 11.8 Å². The molecular weight excluding hydrogens is 288 g/mol. The van der Waals surface area contributed by atoms with Crippen LogP contribution in [-0.2, 0) is 19.1 Å². The van der Waals surface area contributed by atoms with E-state index in [0.717, 1.165) is 65.7 Å². The third kappa shape index (κ3) is 6.27. The largest absolute Gasteiger partial charge is 0.370 e. The van der Waals surface area contributed by atoms with E-state index >= 15 is 0 Å². The van der Waals surface area contributed by atoms with Crippen LogP contribution >= 0.6 is 0 Å². The van der Waals surface area contributed by atoms with Crippen molar-refractivity contribution < 1.29 is 28.9 Å². The third-order valence-electron chi connectivity index (χ3n) is 4.13. The van der Waals surface area contributed by atoms with E-state index in [1.165, 1.54) is 9.80 Å². The van der Waals surface area contributed by atoms with Crippen LogP contribution in [0, 0.1) is 0 Å². The molecule has 0 unspecified atom stereocenters. The van der Waals surface area contributed by atoms with Gasteiger partial charge in [-0.15, -0.1) is 0 Å². The van der Waals surface area contributed by atoms with Gasteiger partial charge in [-0.3, -0.25) is 9.59 Å². The van der Waals surface area contributed by atoms with Crippen LogP contribution in [0.4, 0.5) is 0 Å². The lowest BCUT2D eigenvalue weighted by Gasteiger charge is -2.24. The lowest BCUT2D eigenvalue weighted by Crippen LogP contribution is -3.14. The van der Waals surface area contributed by atoms with Crippen LogP contribution in [0.3, 0.4) is 0 Å². The van der Waals surface area contributed by atoms with Gasteiger partial charge in [-0.2, -0.15) is 0 Å².